The van der Waals surface area contributed by atoms with E-state index >= 15 is 0 Å². The van der Waals surface area contributed by atoms with E-state index in [0.717, 1.165) is 6.42 Å². The van der Waals surface area contributed by atoms with E-state index < -0.39 is 11.9 Å². The van der Waals surface area contributed by atoms with Crippen molar-refractivity contribution in [3.63, 3.8) is 0 Å². The average molecular weight is 242 g/mol. The van der Waals surface area contributed by atoms with Crippen LogP contribution in [0.3, 0.4) is 0 Å². The van der Waals surface area contributed by atoms with Gasteiger partial charge < -0.3 is 15.3 Å². The maximum absolute atomic E-state index is 11.8. The van der Waals surface area contributed by atoms with Crippen LogP contribution in [0.2, 0.25) is 0 Å². The normalized spacial score (nSPS) is 24.1. The average Bonchev–Trinajstić information content (AvgIpc) is 2.59. The number of rotatable bonds is 4. The molecule has 2 atom stereocenters. The van der Waals surface area contributed by atoms with Gasteiger partial charge in [-0.05, 0) is 18.3 Å². The number of amides is 2. The van der Waals surface area contributed by atoms with E-state index in [9.17, 15) is 9.59 Å². The maximum atomic E-state index is 11.8. The highest BCUT2D eigenvalue weighted by Crippen LogP contribution is 2.22. The molecule has 2 N–H and O–H groups in total. The Morgan fingerprint density at radius 1 is 1.41 bits per heavy atom. The zero-order valence-corrected chi connectivity index (χ0v) is 10.8. The van der Waals surface area contributed by atoms with Gasteiger partial charge in [-0.3, -0.25) is 4.79 Å². The standard InChI is InChI=1S/C12H22N2O3/c1-8(2)4-5-13-12(17)14-6-9(3)10(7-14)11(15)16/h8-10H,4-7H2,1-3H3,(H,13,17)(H,15,16)/t9-,10-/m1/s1. The molecule has 0 aromatic carbocycles. The minimum absolute atomic E-state index is 0.0309. The Hall–Kier alpha value is -1.26. The van der Waals surface area contributed by atoms with Crippen LogP contribution >= 0.6 is 0 Å². The van der Waals surface area contributed by atoms with Crippen molar-refractivity contribution in [2.75, 3.05) is 19.6 Å². The van der Waals surface area contributed by atoms with Gasteiger partial charge in [0.2, 0.25) is 0 Å². The number of likely N-dealkylation sites (tertiary alicyclic amines) is 1. The minimum atomic E-state index is -0.810. The fraction of sp³-hybridized carbons (Fsp3) is 0.833. The summed E-state index contributed by atoms with van der Waals surface area (Å²) in [6.07, 6.45) is 0.942. The summed E-state index contributed by atoms with van der Waals surface area (Å²) in [5.74, 6) is -0.649. The van der Waals surface area contributed by atoms with E-state index in [1.807, 2.05) is 6.92 Å². The molecule has 2 amide bonds. The second-order valence-corrected chi connectivity index (χ2v) is 5.24. The molecule has 5 nitrogen and oxygen atoms in total. The lowest BCUT2D eigenvalue weighted by molar-refractivity contribution is -0.142. The Balaban J connectivity index is 2.37. The second kappa shape index (κ2) is 5.89. The number of carboxylic acid groups (broad SMARTS) is 1. The van der Waals surface area contributed by atoms with Gasteiger partial charge in [-0.25, -0.2) is 4.79 Å². The van der Waals surface area contributed by atoms with Crippen LogP contribution in [-0.4, -0.2) is 41.6 Å². The van der Waals surface area contributed by atoms with Crippen molar-refractivity contribution in [3.8, 4) is 0 Å². The number of nitrogens with one attached hydrogen (secondary N) is 1. The molecule has 0 spiro atoms. The summed E-state index contributed by atoms with van der Waals surface area (Å²) in [4.78, 5) is 24.3. The van der Waals surface area contributed by atoms with Crippen LogP contribution in [0.15, 0.2) is 0 Å². The van der Waals surface area contributed by atoms with Gasteiger partial charge in [0, 0.05) is 19.6 Å². The van der Waals surface area contributed by atoms with Crippen LogP contribution in [0.1, 0.15) is 27.2 Å². The van der Waals surface area contributed by atoms with E-state index in [4.69, 9.17) is 5.11 Å². The zero-order chi connectivity index (χ0) is 13.0. The van der Waals surface area contributed by atoms with Gasteiger partial charge in [0.1, 0.15) is 0 Å². The molecule has 0 radical (unpaired) electrons. The lowest BCUT2D eigenvalue weighted by atomic mass is 9.99. The molecule has 0 aliphatic carbocycles. The number of nitrogens with zero attached hydrogens (tertiary/aromatic N) is 1. The molecule has 1 rings (SSSR count). The summed E-state index contributed by atoms with van der Waals surface area (Å²) in [5.41, 5.74) is 0. The van der Waals surface area contributed by atoms with Crippen molar-refractivity contribution in [3.05, 3.63) is 0 Å². The number of hydrogen-bond acceptors (Lipinski definition) is 2. The molecule has 1 saturated heterocycles. The SMILES string of the molecule is CC(C)CCNC(=O)N1C[C@@H](C)[C@H](C(=O)O)C1. The largest absolute Gasteiger partial charge is 0.481 e. The molecule has 98 valence electrons. The fourth-order valence-corrected chi connectivity index (χ4v) is 2.03. The van der Waals surface area contributed by atoms with Crippen molar-refractivity contribution in [2.24, 2.45) is 17.8 Å². The molecule has 1 aliphatic rings. The van der Waals surface area contributed by atoms with Gasteiger partial charge in [0.25, 0.3) is 0 Å². The first-order valence-corrected chi connectivity index (χ1v) is 6.17. The van der Waals surface area contributed by atoms with E-state index in [1.165, 1.54) is 0 Å². The van der Waals surface area contributed by atoms with E-state index in [1.54, 1.807) is 4.90 Å². The van der Waals surface area contributed by atoms with Gasteiger partial charge in [0.15, 0.2) is 0 Å². The lowest BCUT2D eigenvalue weighted by Crippen LogP contribution is -2.39. The highest BCUT2D eigenvalue weighted by molar-refractivity contribution is 5.77. The Kier molecular flexibility index (Phi) is 4.78. The Morgan fingerprint density at radius 2 is 2.06 bits per heavy atom. The van der Waals surface area contributed by atoms with Gasteiger partial charge in [-0.15, -0.1) is 0 Å². The highest BCUT2D eigenvalue weighted by atomic mass is 16.4. The number of carbonyl (C=O) groups excluding carboxylic acids is 1. The maximum Gasteiger partial charge on any atom is 0.317 e. The van der Waals surface area contributed by atoms with Gasteiger partial charge in [-0.2, -0.15) is 0 Å². The third-order valence-corrected chi connectivity index (χ3v) is 3.21. The van der Waals surface area contributed by atoms with Crippen LogP contribution < -0.4 is 5.32 Å². The first kappa shape index (κ1) is 13.8. The minimum Gasteiger partial charge on any atom is -0.481 e. The molecule has 0 unspecified atom stereocenters. The zero-order valence-electron chi connectivity index (χ0n) is 10.8. The molecule has 1 heterocycles. The van der Waals surface area contributed by atoms with E-state index in [2.05, 4.69) is 19.2 Å². The Bertz CT molecular complexity index is 291. The monoisotopic (exact) mass is 242 g/mol. The molecule has 0 bridgehead atoms. The van der Waals surface area contributed by atoms with Gasteiger partial charge >= 0.3 is 12.0 Å². The van der Waals surface area contributed by atoms with E-state index in [0.29, 0.717) is 25.6 Å². The summed E-state index contributed by atoms with van der Waals surface area (Å²) in [6, 6.07) is -0.138. The number of carbonyl (C=O) groups is 2. The van der Waals surface area contributed by atoms with Crippen molar-refractivity contribution < 1.29 is 14.7 Å². The van der Waals surface area contributed by atoms with Crippen LogP contribution in [0.25, 0.3) is 0 Å². The van der Waals surface area contributed by atoms with Crippen molar-refractivity contribution in [1.82, 2.24) is 10.2 Å². The molecule has 1 fully saturated rings. The summed E-state index contributed by atoms with van der Waals surface area (Å²) in [7, 11) is 0. The predicted octanol–water partition coefficient (Wildman–Crippen LogP) is 1.39. The molecule has 0 saturated carbocycles. The summed E-state index contributed by atoms with van der Waals surface area (Å²) < 4.78 is 0. The van der Waals surface area contributed by atoms with Gasteiger partial charge in [-0.1, -0.05) is 20.8 Å². The van der Waals surface area contributed by atoms with Crippen LogP contribution in [0.5, 0.6) is 0 Å². The second-order valence-electron chi connectivity index (χ2n) is 5.24. The predicted molar refractivity (Wildman–Crippen MR) is 64.7 cm³/mol. The summed E-state index contributed by atoms with van der Waals surface area (Å²) >= 11 is 0. The fourth-order valence-electron chi connectivity index (χ4n) is 2.03. The lowest BCUT2D eigenvalue weighted by Gasteiger charge is -2.17. The van der Waals surface area contributed by atoms with Crippen LogP contribution in [0.4, 0.5) is 4.79 Å². The molecule has 5 heteroatoms. The molecule has 0 aromatic rings. The molecular formula is C12H22N2O3. The number of carboxylic acids is 1. The Morgan fingerprint density at radius 3 is 2.53 bits per heavy atom. The molecule has 17 heavy (non-hydrogen) atoms. The van der Waals surface area contributed by atoms with Crippen molar-refractivity contribution in [2.45, 2.75) is 27.2 Å². The smallest absolute Gasteiger partial charge is 0.317 e. The number of aliphatic carboxylic acids is 1. The Labute approximate surface area is 102 Å². The summed E-state index contributed by atoms with van der Waals surface area (Å²) in [6.45, 7) is 7.59. The van der Waals surface area contributed by atoms with Gasteiger partial charge in [0.05, 0.1) is 5.92 Å². The topological polar surface area (TPSA) is 69.6 Å². The highest BCUT2D eigenvalue weighted by Gasteiger charge is 2.36. The van der Waals surface area contributed by atoms with Crippen LogP contribution in [0, 0.1) is 17.8 Å². The first-order valence-electron chi connectivity index (χ1n) is 6.17. The van der Waals surface area contributed by atoms with Crippen LogP contribution in [-0.2, 0) is 4.79 Å². The van der Waals surface area contributed by atoms with Crippen molar-refractivity contribution in [1.29, 1.82) is 0 Å². The number of urea groups is 1. The third kappa shape index (κ3) is 3.91. The first-order chi connectivity index (χ1) is 7.91. The van der Waals surface area contributed by atoms with Crippen molar-refractivity contribution >= 4 is 12.0 Å². The molecular weight excluding hydrogens is 220 g/mol. The quantitative estimate of drug-likeness (QED) is 0.782. The number of hydrogen-bond donors (Lipinski definition) is 2. The molecule has 0 aromatic heterocycles. The van der Waals surface area contributed by atoms with E-state index in [-0.39, 0.29) is 11.9 Å². The third-order valence-electron chi connectivity index (χ3n) is 3.21. The summed E-state index contributed by atoms with van der Waals surface area (Å²) in [5, 5.41) is 11.8. The molecule has 1 aliphatic heterocycles.